The van der Waals surface area contributed by atoms with E-state index in [-0.39, 0.29) is 0 Å². The summed E-state index contributed by atoms with van der Waals surface area (Å²) in [5.41, 5.74) is 6.67. The van der Waals surface area contributed by atoms with Gasteiger partial charge in [-0.3, -0.25) is 0 Å². The van der Waals surface area contributed by atoms with E-state index in [9.17, 15) is 0 Å². The lowest BCUT2D eigenvalue weighted by atomic mass is 10.2. The highest BCUT2D eigenvalue weighted by atomic mass is 16.5. The first-order valence-electron chi connectivity index (χ1n) is 6.92. The number of hydrogen-bond donors (Lipinski definition) is 1. The molecule has 0 bridgehead atoms. The van der Waals surface area contributed by atoms with Crippen molar-refractivity contribution in [1.82, 2.24) is 0 Å². The molecule has 0 unspecified atom stereocenters. The molecule has 0 saturated heterocycles. The monoisotopic (exact) mass is 249 g/mol. The van der Waals surface area contributed by atoms with Crippen molar-refractivity contribution in [2.75, 3.05) is 13.2 Å². The maximum absolute atomic E-state index is 5.78. The standard InChI is InChI=1S/C15H23NO2/c16-12-13-6-8-15(9-7-13)18-11-3-10-17-14-4-1-2-5-14/h6-9,14H,1-5,10-12,16H2. The molecule has 0 atom stereocenters. The summed E-state index contributed by atoms with van der Waals surface area (Å²) >= 11 is 0. The summed E-state index contributed by atoms with van der Waals surface area (Å²) in [6.45, 7) is 2.11. The van der Waals surface area contributed by atoms with Crippen LogP contribution < -0.4 is 10.5 Å². The van der Waals surface area contributed by atoms with E-state index < -0.39 is 0 Å². The van der Waals surface area contributed by atoms with Gasteiger partial charge in [-0.05, 0) is 30.5 Å². The van der Waals surface area contributed by atoms with Crippen LogP contribution in [0.5, 0.6) is 5.75 Å². The van der Waals surface area contributed by atoms with Crippen LogP contribution in [0.4, 0.5) is 0 Å². The highest BCUT2D eigenvalue weighted by Crippen LogP contribution is 2.20. The Labute approximate surface area is 109 Å². The zero-order valence-corrected chi connectivity index (χ0v) is 10.9. The van der Waals surface area contributed by atoms with Crippen molar-refractivity contribution in [1.29, 1.82) is 0 Å². The summed E-state index contributed by atoms with van der Waals surface area (Å²) in [4.78, 5) is 0. The van der Waals surface area contributed by atoms with Crippen LogP contribution in [0, 0.1) is 0 Å². The Morgan fingerprint density at radius 2 is 1.78 bits per heavy atom. The van der Waals surface area contributed by atoms with Crippen molar-refractivity contribution in [3.8, 4) is 5.75 Å². The van der Waals surface area contributed by atoms with E-state index in [1.165, 1.54) is 25.7 Å². The highest BCUT2D eigenvalue weighted by molar-refractivity contribution is 5.26. The molecule has 1 aromatic rings. The quantitative estimate of drug-likeness (QED) is 0.756. The van der Waals surface area contributed by atoms with Crippen molar-refractivity contribution in [3.05, 3.63) is 29.8 Å². The molecular weight excluding hydrogens is 226 g/mol. The zero-order valence-electron chi connectivity index (χ0n) is 10.9. The van der Waals surface area contributed by atoms with Gasteiger partial charge in [0.1, 0.15) is 5.75 Å². The second-order valence-electron chi connectivity index (χ2n) is 4.83. The number of benzene rings is 1. The van der Waals surface area contributed by atoms with Crippen molar-refractivity contribution in [2.45, 2.75) is 44.8 Å². The van der Waals surface area contributed by atoms with Crippen LogP contribution in [0.25, 0.3) is 0 Å². The van der Waals surface area contributed by atoms with Crippen LogP contribution in [0.3, 0.4) is 0 Å². The van der Waals surface area contributed by atoms with E-state index in [0.717, 1.165) is 24.3 Å². The van der Waals surface area contributed by atoms with E-state index >= 15 is 0 Å². The minimum atomic E-state index is 0.508. The molecule has 0 aromatic heterocycles. The zero-order chi connectivity index (χ0) is 12.6. The van der Waals surface area contributed by atoms with Gasteiger partial charge in [-0.2, -0.15) is 0 Å². The fourth-order valence-electron chi connectivity index (χ4n) is 2.28. The summed E-state index contributed by atoms with van der Waals surface area (Å²) in [7, 11) is 0. The van der Waals surface area contributed by atoms with Crippen molar-refractivity contribution in [2.24, 2.45) is 5.73 Å². The Kier molecular flexibility index (Phi) is 5.49. The van der Waals surface area contributed by atoms with Gasteiger partial charge >= 0.3 is 0 Å². The van der Waals surface area contributed by atoms with Gasteiger partial charge in [-0.25, -0.2) is 0 Å². The first-order valence-corrected chi connectivity index (χ1v) is 6.92. The van der Waals surface area contributed by atoms with Gasteiger partial charge in [-0.1, -0.05) is 25.0 Å². The lowest BCUT2D eigenvalue weighted by Gasteiger charge is -2.11. The number of ether oxygens (including phenoxy) is 2. The Morgan fingerprint density at radius 1 is 1.06 bits per heavy atom. The van der Waals surface area contributed by atoms with Crippen LogP contribution in [0.2, 0.25) is 0 Å². The average Bonchev–Trinajstić information content (AvgIpc) is 2.92. The summed E-state index contributed by atoms with van der Waals surface area (Å²) in [5, 5.41) is 0. The Balaban J connectivity index is 1.56. The molecular formula is C15H23NO2. The predicted molar refractivity (Wildman–Crippen MR) is 72.7 cm³/mol. The van der Waals surface area contributed by atoms with Crippen molar-refractivity contribution < 1.29 is 9.47 Å². The molecule has 0 aliphatic heterocycles. The largest absolute Gasteiger partial charge is 0.494 e. The highest BCUT2D eigenvalue weighted by Gasteiger charge is 2.14. The third-order valence-corrected chi connectivity index (χ3v) is 3.37. The molecule has 0 radical (unpaired) electrons. The molecule has 0 heterocycles. The van der Waals surface area contributed by atoms with E-state index in [1.54, 1.807) is 0 Å². The molecule has 1 saturated carbocycles. The van der Waals surface area contributed by atoms with Crippen LogP contribution in [-0.2, 0) is 11.3 Å². The summed E-state index contributed by atoms with van der Waals surface area (Å²) in [6, 6.07) is 7.95. The van der Waals surface area contributed by atoms with Gasteiger partial charge < -0.3 is 15.2 Å². The van der Waals surface area contributed by atoms with E-state index in [1.807, 2.05) is 24.3 Å². The van der Waals surface area contributed by atoms with Crippen LogP contribution in [0.1, 0.15) is 37.7 Å². The van der Waals surface area contributed by atoms with Gasteiger partial charge in [0.25, 0.3) is 0 Å². The minimum absolute atomic E-state index is 0.508. The molecule has 18 heavy (non-hydrogen) atoms. The maximum atomic E-state index is 5.78. The lowest BCUT2D eigenvalue weighted by molar-refractivity contribution is 0.0505. The van der Waals surface area contributed by atoms with E-state index in [0.29, 0.717) is 19.3 Å². The minimum Gasteiger partial charge on any atom is -0.494 e. The second-order valence-corrected chi connectivity index (χ2v) is 4.83. The summed E-state index contributed by atoms with van der Waals surface area (Å²) < 4.78 is 11.4. The molecule has 2 rings (SSSR count). The summed E-state index contributed by atoms with van der Waals surface area (Å²) in [5.74, 6) is 0.910. The molecule has 2 N–H and O–H groups in total. The topological polar surface area (TPSA) is 44.5 Å². The molecule has 1 aliphatic rings. The molecule has 3 nitrogen and oxygen atoms in total. The number of nitrogens with two attached hydrogens (primary N) is 1. The van der Waals surface area contributed by atoms with Gasteiger partial charge in [-0.15, -0.1) is 0 Å². The van der Waals surface area contributed by atoms with Gasteiger partial charge in [0.2, 0.25) is 0 Å². The second kappa shape index (κ2) is 7.39. The van der Waals surface area contributed by atoms with Crippen LogP contribution in [-0.4, -0.2) is 19.3 Å². The number of rotatable bonds is 7. The predicted octanol–water partition coefficient (Wildman–Crippen LogP) is 2.87. The molecule has 1 aliphatic carbocycles. The Hall–Kier alpha value is -1.06. The number of hydrogen-bond acceptors (Lipinski definition) is 3. The molecule has 1 aromatic carbocycles. The van der Waals surface area contributed by atoms with Gasteiger partial charge in [0.15, 0.2) is 0 Å². The first-order chi connectivity index (χ1) is 8.88. The summed E-state index contributed by atoms with van der Waals surface area (Å²) in [6.07, 6.45) is 6.59. The first kappa shape index (κ1) is 13.4. The Bertz CT molecular complexity index is 331. The molecule has 100 valence electrons. The smallest absolute Gasteiger partial charge is 0.119 e. The third-order valence-electron chi connectivity index (χ3n) is 3.37. The molecule has 1 fully saturated rings. The van der Waals surface area contributed by atoms with Gasteiger partial charge in [0, 0.05) is 13.0 Å². The maximum Gasteiger partial charge on any atom is 0.119 e. The SMILES string of the molecule is NCc1ccc(OCCCOC2CCCC2)cc1. The molecule has 0 amide bonds. The fourth-order valence-corrected chi connectivity index (χ4v) is 2.28. The van der Waals surface area contributed by atoms with E-state index in [2.05, 4.69) is 0 Å². The molecule has 3 heteroatoms. The van der Waals surface area contributed by atoms with Crippen molar-refractivity contribution >= 4 is 0 Å². The van der Waals surface area contributed by atoms with E-state index in [4.69, 9.17) is 15.2 Å². The lowest BCUT2D eigenvalue weighted by Crippen LogP contribution is -2.10. The fraction of sp³-hybridized carbons (Fsp3) is 0.600. The van der Waals surface area contributed by atoms with Crippen LogP contribution >= 0.6 is 0 Å². The van der Waals surface area contributed by atoms with Crippen LogP contribution in [0.15, 0.2) is 24.3 Å². The third kappa shape index (κ3) is 4.31. The average molecular weight is 249 g/mol. The van der Waals surface area contributed by atoms with Crippen molar-refractivity contribution in [3.63, 3.8) is 0 Å². The Morgan fingerprint density at radius 3 is 2.44 bits per heavy atom. The van der Waals surface area contributed by atoms with Gasteiger partial charge in [0.05, 0.1) is 19.3 Å². The normalized spacial score (nSPS) is 16.1. The molecule has 0 spiro atoms.